The molecule has 0 radical (unpaired) electrons. The van der Waals surface area contributed by atoms with E-state index in [1.807, 2.05) is 0 Å². The van der Waals surface area contributed by atoms with Crippen LogP contribution in [0.25, 0.3) is 0 Å². The molecule has 0 heterocycles. The van der Waals surface area contributed by atoms with Crippen molar-refractivity contribution in [3.8, 4) is 0 Å². The van der Waals surface area contributed by atoms with Crippen LogP contribution in [0.4, 0.5) is 0 Å². The van der Waals surface area contributed by atoms with Crippen LogP contribution in [0.5, 0.6) is 0 Å². The van der Waals surface area contributed by atoms with Crippen LogP contribution in [0.3, 0.4) is 0 Å². The Morgan fingerprint density at radius 3 is 2.38 bits per heavy atom. The highest BCUT2D eigenvalue weighted by molar-refractivity contribution is 5.21. The molecule has 2 nitrogen and oxygen atoms in total. The number of nitrogens with zero attached hydrogens (tertiary/aromatic N) is 1. The van der Waals surface area contributed by atoms with Gasteiger partial charge >= 0.3 is 0 Å². The van der Waals surface area contributed by atoms with Gasteiger partial charge in [-0.15, -0.1) is 0 Å². The van der Waals surface area contributed by atoms with Crippen LogP contribution in [0.15, 0.2) is 24.3 Å². The predicted octanol–water partition coefficient (Wildman–Crippen LogP) is 2.55. The van der Waals surface area contributed by atoms with Crippen LogP contribution in [-0.4, -0.2) is 24.0 Å². The standard InChI is InChI=1S/C14H24N2/c1-4-13(3)16(10-9-15)11-14-7-5-12(2)6-8-14/h5-8,13H,4,9-11,15H2,1-3H3. The average molecular weight is 220 g/mol. The van der Waals surface area contributed by atoms with E-state index in [1.54, 1.807) is 0 Å². The van der Waals surface area contributed by atoms with Crippen molar-refractivity contribution in [3.05, 3.63) is 35.4 Å². The summed E-state index contributed by atoms with van der Waals surface area (Å²) in [4.78, 5) is 2.45. The third kappa shape index (κ3) is 3.95. The average Bonchev–Trinajstić information content (AvgIpc) is 2.30. The summed E-state index contributed by atoms with van der Waals surface area (Å²) < 4.78 is 0. The second-order valence-electron chi connectivity index (χ2n) is 4.50. The molecule has 1 rings (SSSR count). The topological polar surface area (TPSA) is 29.3 Å². The highest BCUT2D eigenvalue weighted by Crippen LogP contribution is 2.11. The van der Waals surface area contributed by atoms with Crippen LogP contribution in [0.2, 0.25) is 0 Å². The minimum absolute atomic E-state index is 0.602. The van der Waals surface area contributed by atoms with E-state index < -0.39 is 0 Å². The van der Waals surface area contributed by atoms with Gasteiger partial charge in [0.05, 0.1) is 0 Å². The Morgan fingerprint density at radius 1 is 1.25 bits per heavy atom. The maximum absolute atomic E-state index is 5.66. The van der Waals surface area contributed by atoms with Crippen molar-refractivity contribution in [1.29, 1.82) is 0 Å². The number of nitrogens with two attached hydrogens (primary N) is 1. The van der Waals surface area contributed by atoms with Gasteiger partial charge in [0.1, 0.15) is 0 Å². The van der Waals surface area contributed by atoms with E-state index in [-0.39, 0.29) is 0 Å². The zero-order valence-corrected chi connectivity index (χ0v) is 10.7. The number of hydrogen-bond donors (Lipinski definition) is 1. The van der Waals surface area contributed by atoms with Crippen LogP contribution in [0, 0.1) is 6.92 Å². The molecular formula is C14H24N2. The summed E-state index contributed by atoms with van der Waals surface area (Å²) in [5.74, 6) is 0. The molecule has 0 saturated heterocycles. The third-order valence-electron chi connectivity index (χ3n) is 3.14. The van der Waals surface area contributed by atoms with E-state index in [0.717, 1.165) is 19.6 Å². The Bertz CT molecular complexity index is 292. The highest BCUT2D eigenvalue weighted by atomic mass is 15.1. The molecule has 0 bridgehead atoms. The van der Waals surface area contributed by atoms with Crippen molar-refractivity contribution in [2.24, 2.45) is 5.73 Å². The van der Waals surface area contributed by atoms with E-state index in [2.05, 4.69) is 49.9 Å². The number of aryl methyl sites for hydroxylation is 1. The number of benzene rings is 1. The zero-order valence-electron chi connectivity index (χ0n) is 10.7. The first-order chi connectivity index (χ1) is 7.67. The van der Waals surface area contributed by atoms with Gasteiger partial charge in [0.2, 0.25) is 0 Å². The lowest BCUT2D eigenvalue weighted by Gasteiger charge is -2.27. The van der Waals surface area contributed by atoms with E-state index in [0.29, 0.717) is 6.04 Å². The molecular weight excluding hydrogens is 196 g/mol. The summed E-state index contributed by atoms with van der Waals surface area (Å²) >= 11 is 0. The van der Waals surface area contributed by atoms with E-state index >= 15 is 0 Å². The summed E-state index contributed by atoms with van der Waals surface area (Å²) in [6.07, 6.45) is 1.17. The summed E-state index contributed by atoms with van der Waals surface area (Å²) in [7, 11) is 0. The molecule has 1 atom stereocenters. The summed E-state index contributed by atoms with van der Waals surface area (Å²) in [5.41, 5.74) is 8.35. The minimum atomic E-state index is 0.602. The smallest absolute Gasteiger partial charge is 0.0237 e. The van der Waals surface area contributed by atoms with Crippen molar-refractivity contribution in [2.45, 2.75) is 39.8 Å². The van der Waals surface area contributed by atoms with Crippen LogP contribution in [0.1, 0.15) is 31.4 Å². The molecule has 2 heteroatoms. The normalized spacial score (nSPS) is 13.1. The van der Waals surface area contributed by atoms with Crippen molar-refractivity contribution in [1.82, 2.24) is 4.90 Å². The molecule has 2 N–H and O–H groups in total. The van der Waals surface area contributed by atoms with Gasteiger partial charge in [0.25, 0.3) is 0 Å². The second kappa shape index (κ2) is 6.66. The fraction of sp³-hybridized carbons (Fsp3) is 0.571. The van der Waals surface area contributed by atoms with Gasteiger partial charge in [-0.3, -0.25) is 4.90 Å². The molecule has 0 saturated carbocycles. The molecule has 1 unspecified atom stereocenters. The van der Waals surface area contributed by atoms with E-state index in [9.17, 15) is 0 Å². The monoisotopic (exact) mass is 220 g/mol. The van der Waals surface area contributed by atoms with Crippen molar-refractivity contribution in [3.63, 3.8) is 0 Å². The molecule has 0 aliphatic rings. The molecule has 1 aromatic carbocycles. The van der Waals surface area contributed by atoms with E-state index in [1.165, 1.54) is 17.5 Å². The molecule has 0 amide bonds. The van der Waals surface area contributed by atoms with Crippen LogP contribution < -0.4 is 5.73 Å². The lowest BCUT2D eigenvalue weighted by Crippen LogP contribution is -2.36. The first-order valence-electron chi connectivity index (χ1n) is 6.17. The Hall–Kier alpha value is -0.860. The van der Waals surface area contributed by atoms with Gasteiger partial charge in [0.15, 0.2) is 0 Å². The summed E-state index contributed by atoms with van der Waals surface area (Å²) in [6.45, 7) is 9.33. The Morgan fingerprint density at radius 2 is 1.88 bits per heavy atom. The van der Waals surface area contributed by atoms with Crippen molar-refractivity contribution >= 4 is 0 Å². The molecule has 1 aromatic rings. The van der Waals surface area contributed by atoms with Gasteiger partial charge in [-0.25, -0.2) is 0 Å². The first kappa shape index (κ1) is 13.2. The maximum atomic E-state index is 5.66. The highest BCUT2D eigenvalue weighted by Gasteiger charge is 2.11. The fourth-order valence-corrected chi connectivity index (χ4v) is 1.81. The predicted molar refractivity (Wildman–Crippen MR) is 70.4 cm³/mol. The molecule has 0 aliphatic heterocycles. The van der Waals surface area contributed by atoms with Crippen molar-refractivity contribution < 1.29 is 0 Å². The maximum Gasteiger partial charge on any atom is 0.0237 e. The third-order valence-corrected chi connectivity index (χ3v) is 3.14. The molecule has 0 aromatic heterocycles. The SMILES string of the molecule is CCC(C)N(CCN)Cc1ccc(C)cc1. The lowest BCUT2D eigenvalue weighted by atomic mass is 10.1. The molecule has 16 heavy (non-hydrogen) atoms. The van der Waals surface area contributed by atoms with Gasteiger partial charge < -0.3 is 5.73 Å². The Kier molecular flexibility index (Phi) is 5.50. The number of hydrogen-bond acceptors (Lipinski definition) is 2. The fourth-order valence-electron chi connectivity index (χ4n) is 1.81. The summed E-state index contributed by atoms with van der Waals surface area (Å²) in [6, 6.07) is 9.37. The quantitative estimate of drug-likeness (QED) is 0.798. The summed E-state index contributed by atoms with van der Waals surface area (Å²) in [5, 5.41) is 0. The Balaban J connectivity index is 2.63. The largest absolute Gasteiger partial charge is 0.329 e. The van der Waals surface area contributed by atoms with Gasteiger partial charge in [0, 0.05) is 25.7 Å². The zero-order chi connectivity index (χ0) is 12.0. The number of rotatable bonds is 6. The van der Waals surface area contributed by atoms with E-state index in [4.69, 9.17) is 5.73 Å². The van der Waals surface area contributed by atoms with Crippen molar-refractivity contribution in [2.75, 3.05) is 13.1 Å². The Labute approximate surface area is 99.5 Å². The van der Waals surface area contributed by atoms with Crippen LogP contribution >= 0.6 is 0 Å². The van der Waals surface area contributed by atoms with Gasteiger partial charge in [-0.2, -0.15) is 0 Å². The van der Waals surface area contributed by atoms with Gasteiger partial charge in [-0.05, 0) is 25.8 Å². The molecule has 0 fully saturated rings. The van der Waals surface area contributed by atoms with Crippen LogP contribution in [-0.2, 0) is 6.54 Å². The molecule has 0 aliphatic carbocycles. The second-order valence-corrected chi connectivity index (χ2v) is 4.50. The minimum Gasteiger partial charge on any atom is -0.329 e. The van der Waals surface area contributed by atoms with Gasteiger partial charge in [-0.1, -0.05) is 36.8 Å². The molecule has 90 valence electrons. The first-order valence-corrected chi connectivity index (χ1v) is 6.17. The molecule has 0 spiro atoms. The lowest BCUT2D eigenvalue weighted by molar-refractivity contribution is 0.201.